The quantitative estimate of drug-likeness (QED) is 0.874. The highest BCUT2D eigenvalue weighted by atomic mass is 32.2. The number of nitrogens with two attached hydrogens (primary N) is 1. The number of rotatable bonds is 5. The average molecular weight is 301 g/mol. The molecule has 2 aromatic rings. The number of hydrogen-bond acceptors (Lipinski definition) is 4. The van der Waals surface area contributed by atoms with Crippen LogP contribution >= 0.6 is 0 Å². The van der Waals surface area contributed by atoms with Crippen molar-refractivity contribution >= 4 is 10.0 Å². The van der Waals surface area contributed by atoms with Gasteiger partial charge in [0.15, 0.2) is 0 Å². The molecule has 0 saturated heterocycles. The van der Waals surface area contributed by atoms with Crippen molar-refractivity contribution < 1.29 is 8.42 Å². The third-order valence-electron chi connectivity index (χ3n) is 3.08. The van der Waals surface area contributed by atoms with Gasteiger partial charge in [-0.05, 0) is 35.4 Å². The van der Waals surface area contributed by atoms with Crippen molar-refractivity contribution in [3.05, 3.63) is 65.2 Å². The molecule has 6 heteroatoms. The molecule has 3 N–H and O–H groups in total. The first-order chi connectivity index (χ1) is 10.1. The number of benzene rings is 2. The summed E-state index contributed by atoms with van der Waals surface area (Å²) in [5.41, 5.74) is 7.79. The monoisotopic (exact) mass is 301 g/mol. The van der Waals surface area contributed by atoms with Gasteiger partial charge in [0.25, 0.3) is 0 Å². The van der Waals surface area contributed by atoms with Gasteiger partial charge < -0.3 is 5.73 Å². The minimum Gasteiger partial charge on any atom is -0.326 e. The summed E-state index contributed by atoms with van der Waals surface area (Å²) < 4.78 is 26.9. The number of nitrogens with zero attached hydrogens (tertiary/aromatic N) is 1. The van der Waals surface area contributed by atoms with Crippen molar-refractivity contribution in [1.82, 2.24) is 4.72 Å². The molecule has 2 rings (SSSR count). The number of hydrogen-bond donors (Lipinski definition) is 2. The second-order valence-corrected chi connectivity index (χ2v) is 6.20. The molecule has 0 fully saturated rings. The maximum atomic E-state index is 12.2. The molecular formula is C15H15N3O2S. The van der Waals surface area contributed by atoms with Crippen LogP contribution in [0.2, 0.25) is 0 Å². The molecule has 0 atom stereocenters. The highest BCUT2D eigenvalue weighted by Gasteiger charge is 2.14. The molecule has 0 aliphatic rings. The number of nitriles is 1. The van der Waals surface area contributed by atoms with Crippen LogP contribution in [0.4, 0.5) is 0 Å². The SMILES string of the molecule is N#Cc1ccc(S(=O)(=O)NCc2ccccc2CN)cc1. The minimum atomic E-state index is -3.61. The zero-order valence-electron chi connectivity index (χ0n) is 11.3. The highest BCUT2D eigenvalue weighted by Crippen LogP contribution is 2.12. The summed E-state index contributed by atoms with van der Waals surface area (Å²) in [6.45, 7) is 0.532. The van der Waals surface area contributed by atoms with Crippen LogP contribution in [0.25, 0.3) is 0 Å². The van der Waals surface area contributed by atoms with E-state index in [0.29, 0.717) is 12.1 Å². The lowest BCUT2D eigenvalue weighted by Crippen LogP contribution is -2.24. The van der Waals surface area contributed by atoms with Crippen LogP contribution in [-0.2, 0) is 23.1 Å². The van der Waals surface area contributed by atoms with E-state index >= 15 is 0 Å². The van der Waals surface area contributed by atoms with E-state index in [-0.39, 0.29) is 11.4 Å². The molecule has 2 aromatic carbocycles. The van der Waals surface area contributed by atoms with E-state index in [1.807, 2.05) is 30.3 Å². The second-order valence-electron chi connectivity index (χ2n) is 4.43. The van der Waals surface area contributed by atoms with Crippen molar-refractivity contribution in [3.63, 3.8) is 0 Å². The smallest absolute Gasteiger partial charge is 0.240 e. The van der Waals surface area contributed by atoms with Gasteiger partial charge in [0.2, 0.25) is 10.0 Å². The average Bonchev–Trinajstić information content (AvgIpc) is 2.53. The molecule has 21 heavy (non-hydrogen) atoms. The van der Waals surface area contributed by atoms with Crippen LogP contribution in [0.1, 0.15) is 16.7 Å². The van der Waals surface area contributed by atoms with Crippen LogP contribution < -0.4 is 10.5 Å². The lowest BCUT2D eigenvalue weighted by atomic mass is 10.1. The molecule has 5 nitrogen and oxygen atoms in total. The van der Waals surface area contributed by atoms with Gasteiger partial charge in [0, 0.05) is 13.1 Å². The van der Waals surface area contributed by atoms with Crippen molar-refractivity contribution in [2.24, 2.45) is 5.73 Å². The van der Waals surface area contributed by atoms with Crippen LogP contribution in [0.3, 0.4) is 0 Å². The Labute approximate surface area is 124 Å². The van der Waals surface area contributed by atoms with Gasteiger partial charge >= 0.3 is 0 Å². The number of sulfonamides is 1. The number of nitrogens with one attached hydrogen (secondary N) is 1. The maximum absolute atomic E-state index is 12.2. The van der Waals surface area contributed by atoms with Gasteiger partial charge in [-0.25, -0.2) is 13.1 Å². The zero-order chi connectivity index (χ0) is 15.3. The van der Waals surface area contributed by atoms with Gasteiger partial charge in [-0.15, -0.1) is 0 Å². The summed E-state index contributed by atoms with van der Waals surface area (Å²) in [6.07, 6.45) is 0. The highest BCUT2D eigenvalue weighted by molar-refractivity contribution is 7.89. The summed E-state index contributed by atoms with van der Waals surface area (Å²) in [4.78, 5) is 0.131. The summed E-state index contributed by atoms with van der Waals surface area (Å²) in [7, 11) is -3.61. The fourth-order valence-corrected chi connectivity index (χ4v) is 2.90. The second kappa shape index (κ2) is 6.50. The molecule has 0 aliphatic carbocycles. The Morgan fingerprint density at radius 3 is 2.24 bits per heavy atom. The maximum Gasteiger partial charge on any atom is 0.240 e. The van der Waals surface area contributed by atoms with Crippen LogP contribution in [0.15, 0.2) is 53.4 Å². The molecule has 108 valence electrons. The predicted molar refractivity (Wildman–Crippen MR) is 79.5 cm³/mol. The fraction of sp³-hybridized carbons (Fsp3) is 0.133. The Bertz CT molecular complexity index is 762. The Kier molecular flexibility index (Phi) is 4.70. The van der Waals surface area contributed by atoms with Crippen molar-refractivity contribution in [1.29, 1.82) is 5.26 Å². The van der Waals surface area contributed by atoms with Gasteiger partial charge in [0.05, 0.1) is 16.5 Å². The van der Waals surface area contributed by atoms with Crippen LogP contribution in [0.5, 0.6) is 0 Å². The van der Waals surface area contributed by atoms with Crippen molar-refractivity contribution in [3.8, 4) is 6.07 Å². The van der Waals surface area contributed by atoms with E-state index in [2.05, 4.69) is 4.72 Å². The fourth-order valence-electron chi connectivity index (χ4n) is 1.89. The molecule has 0 bridgehead atoms. The summed E-state index contributed by atoms with van der Waals surface area (Å²) in [6, 6.07) is 15.1. The molecule has 0 unspecified atom stereocenters. The lowest BCUT2D eigenvalue weighted by Gasteiger charge is -2.10. The van der Waals surface area contributed by atoms with E-state index in [4.69, 9.17) is 11.0 Å². The Hall–Kier alpha value is -2.20. The summed E-state index contributed by atoms with van der Waals surface area (Å²) >= 11 is 0. The Balaban J connectivity index is 2.16. The molecule has 0 heterocycles. The molecular weight excluding hydrogens is 286 g/mol. The standard InChI is InChI=1S/C15H15N3O2S/c16-9-12-5-7-15(8-6-12)21(19,20)18-11-14-4-2-1-3-13(14)10-17/h1-8,18H,10-11,17H2. The van der Waals surface area contributed by atoms with Gasteiger partial charge in [-0.3, -0.25) is 0 Å². The largest absolute Gasteiger partial charge is 0.326 e. The first-order valence-electron chi connectivity index (χ1n) is 6.33. The lowest BCUT2D eigenvalue weighted by molar-refractivity contribution is 0.581. The molecule has 0 aromatic heterocycles. The van der Waals surface area contributed by atoms with E-state index in [0.717, 1.165) is 11.1 Å². The molecule has 0 saturated carbocycles. The van der Waals surface area contributed by atoms with E-state index in [9.17, 15) is 8.42 Å². The Morgan fingerprint density at radius 2 is 1.67 bits per heavy atom. The van der Waals surface area contributed by atoms with Crippen LogP contribution in [-0.4, -0.2) is 8.42 Å². The summed E-state index contributed by atoms with van der Waals surface area (Å²) in [5.74, 6) is 0. The molecule has 0 aliphatic heterocycles. The molecule has 0 spiro atoms. The van der Waals surface area contributed by atoms with Gasteiger partial charge in [0.1, 0.15) is 0 Å². The Morgan fingerprint density at radius 1 is 1.05 bits per heavy atom. The van der Waals surface area contributed by atoms with Gasteiger partial charge in [-0.2, -0.15) is 5.26 Å². The topological polar surface area (TPSA) is 96.0 Å². The predicted octanol–water partition coefficient (Wildman–Crippen LogP) is 1.50. The van der Waals surface area contributed by atoms with Crippen molar-refractivity contribution in [2.75, 3.05) is 0 Å². The molecule has 0 radical (unpaired) electrons. The molecule has 0 amide bonds. The van der Waals surface area contributed by atoms with Crippen LogP contribution in [0, 0.1) is 11.3 Å². The zero-order valence-corrected chi connectivity index (χ0v) is 12.1. The van der Waals surface area contributed by atoms with E-state index < -0.39 is 10.0 Å². The van der Waals surface area contributed by atoms with E-state index in [1.165, 1.54) is 24.3 Å². The first kappa shape index (κ1) is 15.2. The third kappa shape index (κ3) is 3.67. The normalized spacial score (nSPS) is 11.0. The minimum absolute atomic E-state index is 0.131. The van der Waals surface area contributed by atoms with Crippen molar-refractivity contribution in [2.45, 2.75) is 18.0 Å². The third-order valence-corrected chi connectivity index (χ3v) is 4.50. The summed E-state index contributed by atoms with van der Waals surface area (Å²) in [5, 5.41) is 8.71. The van der Waals surface area contributed by atoms with Gasteiger partial charge in [-0.1, -0.05) is 24.3 Å². The first-order valence-corrected chi connectivity index (χ1v) is 7.82. The van der Waals surface area contributed by atoms with E-state index in [1.54, 1.807) is 0 Å².